The van der Waals surface area contributed by atoms with Gasteiger partial charge in [0.05, 0.1) is 17.0 Å². The molecule has 0 fully saturated rings. The van der Waals surface area contributed by atoms with Gasteiger partial charge in [-0.25, -0.2) is 4.79 Å². The Morgan fingerprint density at radius 3 is 2.32 bits per heavy atom. The van der Waals surface area contributed by atoms with Gasteiger partial charge in [0.25, 0.3) is 0 Å². The number of carboxylic acids is 1. The Kier molecular flexibility index (Phi) is 7.51. The molecular formula is C28H24ClF3N2O4. The number of ketones is 1. The van der Waals surface area contributed by atoms with E-state index in [9.17, 15) is 32.7 Å². The van der Waals surface area contributed by atoms with E-state index in [1.807, 2.05) is 13.0 Å². The number of carboxylic acid groups (broad SMARTS) is 1. The SMILES string of the molecule is CC[C@@]1(CC(=O)O)CCc2cc(-c3ccc(NC(=O)Nc4cccc(C(F)(F)F)c4)cc3Cl)ccc2C1=O. The normalized spacial score (nSPS) is 17.0. The Morgan fingerprint density at radius 1 is 1.00 bits per heavy atom. The van der Waals surface area contributed by atoms with Crippen LogP contribution in [0.25, 0.3) is 11.1 Å². The van der Waals surface area contributed by atoms with Gasteiger partial charge in [0.2, 0.25) is 0 Å². The number of Topliss-reactive ketones (excluding diaryl/α,β-unsaturated/α-hetero) is 1. The minimum absolute atomic E-state index is 0.0147. The van der Waals surface area contributed by atoms with Crippen LogP contribution >= 0.6 is 11.6 Å². The van der Waals surface area contributed by atoms with Crippen molar-refractivity contribution in [2.24, 2.45) is 5.41 Å². The van der Waals surface area contributed by atoms with Gasteiger partial charge in [0, 0.05) is 27.9 Å². The Hall–Kier alpha value is -3.85. The molecule has 0 radical (unpaired) electrons. The summed E-state index contributed by atoms with van der Waals surface area (Å²) in [7, 11) is 0. The van der Waals surface area contributed by atoms with Gasteiger partial charge in [-0.1, -0.05) is 48.9 Å². The van der Waals surface area contributed by atoms with Crippen molar-refractivity contribution in [3.05, 3.63) is 82.4 Å². The van der Waals surface area contributed by atoms with Crippen molar-refractivity contribution in [1.82, 2.24) is 0 Å². The lowest BCUT2D eigenvalue weighted by atomic mass is 9.67. The van der Waals surface area contributed by atoms with Crippen LogP contribution < -0.4 is 10.6 Å². The van der Waals surface area contributed by atoms with Crippen LogP contribution in [-0.2, 0) is 17.4 Å². The zero-order valence-electron chi connectivity index (χ0n) is 20.3. The van der Waals surface area contributed by atoms with Gasteiger partial charge in [-0.15, -0.1) is 0 Å². The van der Waals surface area contributed by atoms with E-state index in [1.54, 1.807) is 24.3 Å². The van der Waals surface area contributed by atoms with E-state index in [0.29, 0.717) is 41.1 Å². The number of amides is 2. The molecule has 3 aromatic rings. The lowest BCUT2D eigenvalue weighted by Gasteiger charge is -2.35. The number of hydrogen-bond donors (Lipinski definition) is 3. The van der Waals surface area contributed by atoms with Gasteiger partial charge in [-0.05, 0) is 60.7 Å². The van der Waals surface area contributed by atoms with E-state index >= 15 is 0 Å². The second-order valence-electron chi connectivity index (χ2n) is 9.26. The molecule has 0 bridgehead atoms. The molecule has 0 saturated carbocycles. The van der Waals surface area contributed by atoms with Gasteiger partial charge in [0.1, 0.15) is 0 Å². The molecule has 2 amide bonds. The number of carbonyl (C=O) groups excluding carboxylic acids is 2. The van der Waals surface area contributed by atoms with E-state index in [0.717, 1.165) is 23.3 Å². The standard InChI is InChI=1S/C28H24ClF3N2O4/c1-2-27(15-24(35)36)11-10-17-12-16(6-8-22(17)25(27)37)21-9-7-20(14-23(21)29)34-26(38)33-19-5-3-4-18(13-19)28(30,31)32/h3-9,12-14H,2,10-11,15H2,1H3,(H,35,36)(H2,33,34,38)/t27-/m0/s1. The lowest BCUT2D eigenvalue weighted by Crippen LogP contribution is -2.37. The summed E-state index contributed by atoms with van der Waals surface area (Å²) in [5.74, 6) is -1.16. The molecule has 0 heterocycles. The molecule has 0 unspecified atom stereocenters. The summed E-state index contributed by atoms with van der Waals surface area (Å²) < 4.78 is 38.7. The predicted octanol–water partition coefficient (Wildman–Crippen LogP) is 7.67. The average Bonchev–Trinajstić information content (AvgIpc) is 2.85. The Bertz CT molecular complexity index is 1420. The first-order valence-electron chi connectivity index (χ1n) is 11.9. The molecule has 0 spiro atoms. The average molecular weight is 545 g/mol. The highest BCUT2D eigenvalue weighted by Gasteiger charge is 2.42. The van der Waals surface area contributed by atoms with Crippen LogP contribution in [0.5, 0.6) is 0 Å². The fourth-order valence-corrected chi connectivity index (χ4v) is 5.07. The van der Waals surface area contributed by atoms with Crippen LogP contribution in [0.2, 0.25) is 5.02 Å². The molecular weight excluding hydrogens is 521 g/mol. The van der Waals surface area contributed by atoms with Crippen molar-refractivity contribution in [1.29, 1.82) is 0 Å². The number of alkyl halides is 3. The number of rotatable bonds is 6. The third-order valence-corrected chi connectivity index (χ3v) is 7.17. The summed E-state index contributed by atoms with van der Waals surface area (Å²) in [5.41, 5.74) is 1.28. The predicted molar refractivity (Wildman–Crippen MR) is 139 cm³/mol. The summed E-state index contributed by atoms with van der Waals surface area (Å²) >= 11 is 6.49. The van der Waals surface area contributed by atoms with Gasteiger partial charge in [0.15, 0.2) is 5.78 Å². The van der Waals surface area contributed by atoms with Crippen molar-refractivity contribution >= 4 is 40.8 Å². The highest BCUT2D eigenvalue weighted by atomic mass is 35.5. The number of aliphatic carboxylic acids is 1. The minimum atomic E-state index is -4.53. The first-order valence-corrected chi connectivity index (χ1v) is 12.2. The van der Waals surface area contributed by atoms with Crippen molar-refractivity contribution in [3.8, 4) is 11.1 Å². The number of carbonyl (C=O) groups is 3. The minimum Gasteiger partial charge on any atom is -0.481 e. The van der Waals surface area contributed by atoms with Crippen molar-refractivity contribution in [2.75, 3.05) is 10.6 Å². The van der Waals surface area contributed by atoms with Gasteiger partial charge in [-0.3, -0.25) is 9.59 Å². The third-order valence-electron chi connectivity index (χ3n) is 6.86. The molecule has 3 N–H and O–H groups in total. The molecule has 38 heavy (non-hydrogen) atoms. The quantitative estimate of drug-likeness (QED) is 0.297. The number of hydrogen-bond acceptors (Lipinski definition) is 3. The smallest absolute Gasteiger partial charge is 0.416 e. The molecule has 0 saturated heterocycles. The van der Waals surface area contributed by atoms with Gasteiger partial charge >= 0.3 is 18.2 Å². The number of fused-ring (bicyclic) bond motifs is 1. The number of urea groups is 1. The van der Waals surface area contributed by atoms with Crippen molar-refractivity contribution in [3.63, 3.8) is 0 Å². The van der Waals surface area contributed by atoms with E-state index in [-0.39, 0.29) is 17.9 Å². The van der Waals surface area contributed by atoms with Gasteiger partial charge in [-0.2, -0.15) is 13.2 Å². The number of nitrogens with one attached hydrogen (secondary N) is 2. The van der Waals surface area contributed by atoms with E-state index in [2.05, 4.69) is 10.6 Å². The maximum atomic E-state index is 13.2. The van der Waals surface area contributed by atoms with E-state index in [4.69, 9.17) is 11.6 Å². The number of halogens is 4. The topological polar surface area (TPSA) is 95.5 Å². The summed E-state index contributed by atoms with van der Waals surface area (Å²) in [5, 5.41) is 14.5. The second-order valence-corrected chi connectivity index (χ2v) is 9.66. The molecule has 6 nitrogen and oxygen atoms in total. The van der Waals surface area contributed by atoms with E-state index < -0.39 is 29.2 Å². The third kappa shape index (κ3) is 5.67. The molecule has 4 rings (SSSR count). The summed E-state index contributed by atoms with van der Waals surface area (Å²) in [4.78, 5) is 36.9. The molecule has 198 valence electrons. The highest BCUT2D eigenvalue weighted by molar-refractivity contribution is 6.33. The number of benzene rings is 3. The van der Waals surface area contributed by atoms with Crippen molar-refractivity contribution < 1.29 is 32.7 Å². The van der Waals surface area contributed by atoms with Crippen LogP contribution in [0.15, 0.2) is 60.7 Å². The summed E-state index contributed by atoms with van der Waals surface area (Å²) in [6, 6.07) is 13.7. The monoisotopic (exact) mass is 544 g/mol. The molecule has 3 aromatic carbocycles. The zero-order chi connectivity index (χ0) is 27.7. The van der Waals surface area contributed by atoms with E-state index in [1.165, 1.54) is 18.2 Å². The number of anilines is 2. The summed E-state index contributed by atoms with van der Waals surface area (Å²) in [6.45, 7) is 1.83. The Balaban J connectivity index is 1.50. The Morgan fingerprint density at radius 2 is 1.68 bits per heavy atom. The fraction of sp³-hybridized carbons (Fsp3) is 0.250. The maximum absolute atomic E-state index is 13.2. The van der Waals surface area contributed by atoms with Crippen LogP contribution in [-0.4, -0.2) is 22.9 Å². The largest absolute Gasteiger partial charge is 0.481 e. The van der Waals surface area contributed by atoms with Crippen LogP contribution in [0.4, 0.5) is 29.3 Å². The first-order chi connectivity index (χ1) is 17.9. The maximum Gasteiger partial charge on any atom is 0.416 e. The summed E-state index contributed by atoms with van der Waals surface area (Å²) in [6.07, 6.45) is -3.28. The molecule has 0 aliphatic heterocycles. The first kappa shape index (κ1) is 27.2. The Labute approximate surface area is 221 Å². The fourth-order valence-electron chi connectivity index (χ4n) is 4.78. The highest BCUT2D eigenvalue weighted by Crippen LogP contribution is 2.42. The molecule has 1 aliphatic carbocycles. The van der Waals surface area contributed by atoms with Crippen molar-refractivity contribution in [2.45, 2.75) is 38.8 Å². The molecule has 0 aromatic heterocycles. The molecule has 1 aliphatic rings. The van der Waals surface area contributed by atoms with Crippen LogP contribution in [0.3, 0.4) is 0 Å². The molecule has 1 atom stereocenters. The molecule has 10 heteroatoms. The van der Waals surface area contributed by atoms with Crippen LogP contribution in [0.1, 0.15) is 47.7 Å². The van der Waals surface area contributed by atoms with Crippen LogP contribution in [0, 0.1) is 5.41 Å². The lowest BCUT2D eigenvalue weighted by molar-refractivity contribution is -0.139. The second kappa shape index (κ2) is 10.5. The number of aryl methyl sites for hydroxylation is 1. The van der Waals surface area contributed by atoms with Gasteiger partial charge < -0.3 is 15.7 Å². The zero-order valence-corrected chi connectivity index (χ0v) is 21.0.